The fraction of sp³-hybridized carbons (Fsp3) is 0.429. The third kappa shape index (κ3) is 2.71. The number of hydrogen-bond donors (Lipinski definition) is 2. The highest BCUT2D eigenvalue weighted by atomic mass is 79.9. The quantitative estimate of drug-likeness (QED) is 0.884. The molecular weight excluding hydrogens is 318 g/mol. The Morgan fingerprint density at radius 1 is 1.40 bits per heavy atom. The van der Waals surface area contributed by atoms with Gasteiger partial charge in [-0.05, 0) is 31.5 Å². The van der Waals surface area contributed by atoms with Gasteiger partial charge in [-0.15, -0.1) is 5.10 Å². The highest BCUT2D eigenvalue weighted by Gasteiger charge is 2.19. The van der Waals surface area contributed by atoms with Gasteiger partial charge in [0.2, 0.25) is 5.95 Å². The fourth-order valence-electron chi connectivity index (χ4n) is 2.43. The van der Waals surface area contributed by atoms with E-state index in [9.17, 15) is 0 Å². The van der Waals surface area contributed by atoms with E-state index in [0.29, 0.717) is 6.04 Å². The van der Waals surface area contributed by atoms with Crippen LogP contribution in [0.25, 0.3) is 11.4 Å². The lowest BCUT2D eigenvalue weighted by Crippen LogP contribution is -2.49. The topological polar surface area (TPSA) is 56.8 Å². The standard InChI is InChI=1S/C14H18BrN5/c1-9-7-11(3-4-12(9)15)13-17-14(19-18-13)20-6-5-16-10(2)8-20/h3-4,7,10,16H,5-6,8H2,1-2H3,(H,17,18,19)/t10-/m1/s1. The van der Waals surface area contributed by atoms with E-state index in [0.717, 1.165) is 41.4 Å². The van der Waals surface area contributed by atoms with Crippen LogP contribution in [0.4, 0.5) is 5.95 Å². The molecule has 0 radical (unpaired) electrons. The maximum absolute atomic E-state index is 4.63. The minimum absolute atomic E-state index is 0.473. The summed E-state index contributed by atoms with van der Waals surface area (Å²) in [6.07, 6.45) is 0. The second-order valence-electron chi connectivity index (χ2n) is 5.25. The van der Waals surface area contributed by atoms with Gasteiger partial charge in [0.05, 0.1) is 0 Å². The molecule has 0 spiro atoms. The van der Waals surface area contributed by atoms with E-state index in [-0.39, 0.29) is 0 Å². The summed E-state index contributed by atoms with van der Waals surface area (Å²) in [5.74, 6) is 1.61. The Morgan fingerprint density at radius 3 is 3.00 bits per heavy atom. The average molecular weight is 336 g/mol. The fourth-order valence-corrected chi connectivity index (χ4v) is 2.68. The van der Waals surface area contributed by atoms with Crippen LogP contribution in [-0.2, 0) is 0 Å². The molecule has 2 aromatic rings. The first kappa shape index (κ1) is 13.6. The van der Waals surface area contributed by atoms with Crippen LogP contribution >= 0.6 is 15.9 Å². The van der Waals surface area contributed by atoms with Crippen molar-refractivity contribution in [2.75, 3.05) is 24.5 Å². The van der Waals surface area contributed by atoms with E-state index < -0.39 is 0 Å². The number of benzene rings is 1. The molecule has 0 bridgehead atoms. The molecule has 106 valence electrons. The number of nitrogens with one attached hydrogen (secondary N) is 2. The molecule has 1 atom stereocenters. The summed E-state index contributed by atoms with van der Waals surface area (Å²) < 4.78 is 1.11. The molecule has 1 aromatic heterocycles. The molecule has 1 aliphatic heterocycles. The Morgan fingerprint density at radius 2 is 2.25 bits per heavy atom. The zero-order chi connectivity index (χ0) is 14.1. The number of nitrogens with zero attached hydrogens (tertiary/aromatic N) is 3. The summed E-state index contributed by atoms with van der Waals surface area (Å²) in [5.41, 5.74) is 2.25. The molecule has 3 rings (SSSR count). The number of aryl methyl sites for hydroxylation is 1. The number of H-pyrrole nitrogens is 1. The second kappa shape index (κ2) is 5.54. The number of rotatable bonds is 2. The minimum atomic E-state index is 0.473. The Kier molecular flexibility index (Phi) is 3.76. The van der Waals surface area contributed by atoms with Crippen LogP contribution < -0.4 is 10.2 Å². The van der Waals surface area contributed by atoms with Gasteiger partial charge in [-0.1, -0.05) is 22.0 Å². The first-order chi connectivity index (χ1) is 9.63. The smallest absolute Gasteiger partial charge is 0.245 e. The summed E-state index contributed by atoms with van der Waals surface area (Å²) in [6, 6.07) is 6.66. The van der Waals surface area contributed by atoms with Crippen molar-refractivity contribution in [2.24, 2.45) is 0 Å². The van der Waals surface area contributed by atoms with Crippen molar-refractivity contribution in [1.82, 2.24) is 20.5 Å². The molecule has 5 nitrogen and oxygen atoms in total. The van der Waals surface area contributed by atoms with E-state index in [2.05, 4.69) is 61.2 Å². The maximum Gasteiger partial charge on any atom is 0.245 e. The Bertz CT molecular complexity index is 609. The molecule has 2 N–H and O–H groups in total. The second-order valence-corrected chi connectivity index (χ2v) is 6.10. The third-order valence-corrected chi connectivity index (χ3v) is 4.45. The van der Waals surface area contributed by atoms with Gasteiger partial charge < -0.3 is 10.2 Å². The van der Waals surface area contributed by atoms with E-state index in [1.165, 1.54) is 5.56 Å². The Hall–Kier alpha value is -1.40. The van der Waals surface area contributed by atoms with Crippen molar-refractivity contribution >= 4 is 21.9 Å². The molecule has 1 saturated heterocycles. The zero-order valence-corrected chi connectivity index (χ0v) is 13.2. The van der Waals surface area contributed by atoms with Crippen LogP contribution in [0, 0.1) is 6.92 Å². The van der Waals surface area contributed by atoms with E-state index in [1.54, 1.807) is 0 Å². The van der Waals surface area contributed by atoms with Gasteiger partial charge in [-0.2, -0.15) is 4.98 Å². The van der Waals surface area contributed by atoms with Crippen molar-refractivity contribution in [3.05, 3.63) is 28.2 Å². The van der Waals surface area contributed by atoms with Crippen molar-refractivity contribution in [1.29, 1.82) is 0 Å². The molecule has 0 unspecified atom stereocenters. The maximum atomic E-state index is 4.63. The van der Waals surface area contributed by atoms with Gasteiger partial charge in [0, 0.05) is 35.7 Å². The normalized spacial score (nSPS) is 19.4. The van der Waals surface area contributed by atoms with Gasteiger partial charge in [0.25, 0.3) is 0 Å². The molecule has 2 heterocycles. The highest BCUT2D eigenvalue weighted by molar-refractivity contribution is 9.10. The molecular formula is C14H18BrN5. The molecule has 0 amide bonds. The molecule has 20 heavy (non-hydrogen) atoms. The molecule has 0 aliphatic carbocycles. The summed E-state index contributed by atoms with van der Waals surface area (Å²) in [6.45, 7) is 7.11. The third-order valence-electron chi connectivity index (χ3n) is 3.56. The van der Waals surface area contributed by atoms with Crippen molar-refractivity contribution in [3.63, 3.8) is 0 Å². The van der Waals surface area contributed by atoms with Crippen LogP contribution in [0.2, 0.25) is 0 Å². The predicted molar refractivity (Wildman–Crippen MR) is 83.9 cm³/mol. The van der Waals surface area contributed by atoms with Crippen molar-refractivity contribution < 1.29 is 0 Å². The van der Waals surface area contributed by atoms with Crippen molar-refractivity contribution in [2.45, 2.75) is 19.9 Å². The first-order valence-corrected chi connectivity index (χ1v) is 7.60. The summed E-state index contributed by atoms with van der Waals surface area (Å²) in [7, 11) is 0. The molecule has 0 saturated carbocycles. The number of anilines is 1. The lowest BCUT2D eigenvalue weighted by atomic mass is 10.1. The van der Waals surface area contributed by atoms with Gasteiger partial charge >= 0.3 is 0 Å². The summed E-state index contributed by atoms with van der Waals surface area (Å²) in [5, 5.41) is 10.8. The van der Waals surface area contributed by atoms with Gasteiger partial charge in [-0.3, -0.25) is 5.10 Å². The van der Waals surface area contributed by atoms with E-state index >= 15 is 0 Å². The van der Waals surface area contributed by atoms with Crippen LogP contribution in [0.5, 0.6) is 0 Å². The Labute approximate surface area is 126 Å². The van der Waals surface area contributed by atoms with Crippen LogP contribution in [0.15, 0.2) is 22.7 Å². The number of hydrogen-bond acceptors (Lipinski definition) is 4. The van der Waals surface area contributed by atoms with Crippen LogP contribution in [-0.4, -0.2) is 40.9 Å². The molecule has 1 fully saturated rings. The average Bonchev–Trinajstić information content (AvgIpc) is 2.92. The molecule has 6 heteroatoms. The van der Waals surface area contributed by atoms with Crippen molar-refractivity contribution in [3.8, 4) is 11.4 Å². The van der Waals surface area contributed by atoms with E-state index in [1.807, 2.05) is 12.1 Å². The van der Waals surface area contributed by atoms with E-state index in [4.69, 9.17) is 0 Å². The van der Waals surface area contributed by atoms with Gasteiger partial charge in [-0.25, -0.2) is 0 Å². The van der Waals surface area contributed by atoms with Gasteiger partial charge in [0.15, 0.2) is 5.82 Å². The minimum Gasteiger partial charge on any atom is -0.337 e. The zero-order valence-electron chi connectivity index (χ0n) is 11.7. The number of halogens is 1. The lowest BCUT2D eigenvalue weighted by Gasteiger charge is -2.30. The van der Waals surface area contributed by atoms with Crippen LogP contribution in [0.1, 0.15) is 12.5 Å². The lowest BCUT2D eigenvalue weighted by molar-refractivity contribution is 0.480. The summed E-state index contributed by atoms with van der Waals surface area (Å²) in [4.78, 5) is 6.84. The predicted octanol–water partition coefficient (Wildman–Crippen LogP) is 2.34. The van der Waals surface area contributed by atoms with Gasteiger partial charge in [0.1, 0.15) is 0 Å². The SMILES string of the molecule is Cc1cc(-c2nc(N3CCN[C@H](C)C3)n[nH]2)ccc1Br. The first-order valence-electron chi connectivity index (χ1n) is 6.81. The highest BCUT2D eigenvalue weighted by Crippen LogP contribution is 2.24. The number of aromatic amines is 1. The summed E-state index contributed by atoms with van der Waals surface area (Å²) >= 11 is 3.51. The number of piperazine rings is 1. The van der Waals surface area contributed by atoms with Crippen LogP contribution in [0.3, 0.4) is 0 Å². The molecule has 1 aliphatic rings. The Balaban J connectivity index is 1.84. The monoisotopic (exact) mass is 335 g/mol. The largest absolute Gasteiger partial charge is 0.337 e. The molecule has 1 aromatic carbocycles. The number of aromatic nitrogens is 3.